The van der Waals surface area contributed by atoms with Crippen molar-refractivity contribution in [3.63, 3.8) is 0 Å². The monoisotopic (exact) mass is 274 g/mol. The number of methoxy groups -OCH3 is 1. The summed E-state index contributed by atoms with van der Waals surface area (Å²) in [4.78, 5) is 8.96. The van der Waals surface area contributed by atoms with Crippen LogP contribution in [0.3, 0.4) is 0 Å². The van der Waals surface area contributed by atoms with Gasteiger partial charge in [0.1, 0.15) is 11.6 Å². The summed E-state index contributed by atoms with van der Waals surface area (Å²) in [6.45, 7) is 5.81. The van der Waals surface area contributed by atoms with Gasteiger partial charge in [-0.15, -0.1) is 0 Å². The second kappa shape index (κ2) is 7.11. The van der Waals surface area contributed by atoms with Crippen LogP contribution in [0.1, 0.15) is 19.8 Å². The lowest BCUT2D eigenvalue weighted by atomic mass is 10.1. The molecule has 20 heavy (non-hydrogen) atoms. The lowest BCUT2D eigenvalue weighted by Crippen LogP contribution is -2.50. The molecule has 5 heteroatoms. The lowest BCUT2D eigenvalue weighted by molar-refractivity contribution is 0.211. The maximum atomic E-state index is 9.22. The number of hydrogen-bond acceptors (Lipinski definition) is 5. The number of anilines is 1. The van der Waals surface area contributed by atoms with Crippen LogP contribution in [0.4, 0.5) is 5.82 Å². The van der Waals surface area contributed by atoms with Crippen LogP contribution in [0, 0.1) is 11.3 Å². The number of piperazine rings is 1. The third kappa shape index (κ3) is 3.40. The van der Waals surface area contributed by atoms with Gasteiger partial charge in [-0.1, -0.05) is 13.3 Å². The highest BCUT2D eigenvalue weighted by atomic mass is 16.5. The molecule has 0 aromatic carbocycles. The Morgan fingerprint density at radius 2 is 2.10 bits per heavy atom. The van der Waals surface area contributed by atoms with Crippen LogP contribution in [0.25, 0.3) is 0 Å². The van der Waals surface area contributed by atoms with E-state index in [-0.39, 0.29) is 6.04 Å². The maximum absolute atomic E-state index is 9.22. The molecule has 2 rings (SSSR count). The molecule has 1 fully saturated rings. The molecule has 2 heterocycles. The predicted octanol–water partition coefficient (Wildman–Crippen LogP) is 1.90. The molecule has 108 valence electrons. The van der Waals surface area contributed by atoms with Crippen LogP contribution < -0.4 is 9.64 Å². The first-order chi connectivity index (χ1) is 9.78. The molecule has 0 amide bonds. The van der Waals surface area contributed by atoms with E-state index in [1.54, 1.807) is 13.3 Å². The second-order valence-electron chi connectivity index (χ2n) is 5.01. The number of nitrogens with zero attached hydrogens (tertiary/aromatic N) is 4. The number of pyridine rings is 1. The highest BCUT2D eigenvalue weighted by Crippen LogP contribution is 2.18. The quantitative estimate of drug-likeness (QED) is 0.821. The third-order valence-electron chi connectivity index (χ3n) is 3.75. The summed E-state index contributed by atoms with van der Waals surface area (Å²) >= 11 is 0. The summed E-state index contributed by atoms with van der Waals surface area (Å²) in [5.41, 5.74) is 0. The van der Waals surface area contributed by atoms with Crippen LogP contribution in [0.2, 0.25) is 0 Å². The molecule has 0 spiro atoms. The van der Waals surface area contributed by atoms with E-state index >= 15 is 0 Å². The zero-order valence-corrected chi connectivity index (χ0v) is 12.2. The Morgan fingerprint density at radius 1 is 1.35 bits per heavy atom. The van der Waals surface area contributed by atoms with Crippen molar-refractivity contribution in [1.29, 1.82) is 5.26 Å². The fraction of sp³-hybridized carbons (Fsp3) is 0.600. The highest BCUT2D eigenvalue weighted by Gasteiger charge is 2.23. The summed E-state index contributed by atoms with van der Waals surface area (Å²) in [5, 5.41) is 9.22. The van der Waals surface area contributed by atoms with Crippen molar-refractivity contribution in [1.82, 2.24) is 9.88 Å². The number of hydrogen-bond donors (Lipinski definition) is 0. The van der Waals surface area contributed by atoms with Gasteiger partial charge in [-0.05, 0) is 18.6 Å². The second-order valence-corrected chi connectivity index (χ2v) is 5.01. The van der Waals surface area contributed by atoms with E-state index in [4.69, 9.17) is 4.74 Å². The van der Waals surface area contributed by atoms with Gasteiger partial charge < -0.3 is 9.64 Å². The molecule has 1 unspecified atom stereocenters. The summed E-state index contributed by atoms with van der Waals surface area (Å²) in [5.74, 6) is 1.76. The largest absolute Gasteiger partial charge is 0.495 e. The Labute approximate surface area is 120 Å². The van der Waals surface area contributed by atoms with Gasteiger partial charge in [0, 0.05) is 26.2 Å². The number of ether oxygens (including phenoxy) is 1. The number of nitriles is 1. The average molecular weight is 274 g/mol. The van der Waals surface area contributed by atoms with Gasteiger partial charge >= 0.3 is 0 Å². The zero-order chi connectivity index (χ0) is 14.4. The van der Waals surface area contributed by atoms with E-state index < -0.39 is 0 Å². The van der Waals surface area contributed by atoms with Crippen LogP contribution in [-0.4, -0.2) is 49.2 Å². The molecule has 0 aliphatic carbocycles. The van der Waals surface area contributed by atoms with Crippen molar-refractivity contribution in [3.05, 3.63) is 18.3 Å². The summed E-state index contributed by atoms with van der Waals surface area (Å²) < 4.78 is 5.12. The minimum Gasteiger partial charge on any atom is -0.495 e. The Bertz CT molecular complexity index is 446. The Morgan fingerprint density at radius 3 is 2.60 bits per heavy atom. The number of rotatable bonds is 5. The topological polar surface area (TPSA) is 52.4 Å². The van der Waals surface area contributed by atoms with E-state index in [1.165, 1.54) is 0 Å². The van der Waals surface area contributed by atoms with Crippen molar-refractivity contribution in [2.24, 2.45) is 0 Å². The van der Waals surface area contributed by atoms with Crippen LogP contribution in [0.15, 0.2) is 18.3 Å². The number of aromatic nitrogens is 1. The fourth-order valence-corrected chi connectivity index (χ4v) is 2.55. The Hall–Kier alpha value is -1.80. The molecule has 1 aromatic heterocycles. The standard InChI is InChI=1S/C15H22N4O/c1-3-4-13(11-16)18-7-9-19(10-8-18)15-6-5-14(20-2)12-17-15/h5-6,12-13H,3-4,7-10H2,1-2H3. The Balaban J connectivity index is 1.91. The molecule has 1 aliphatic heterocycles. The SMILES string of the molecule is CCCC(C#N)N1CCN(c2ccc(OC)cn2)CC1. The van der Waals surface area contributed by atoms with E-state index in [0.717, 1.165) is 50.6 Å². The molecule has 0 bridgehead atoms. The molecule has 0 saturated carbocycles. The molecular weight excluding hydrogens is 252 g/mol. The van der Waals surface area contributed by atoms with Crippen molar-refractivity contribution in [2.75, 3.05) is 38.2 Å². The molecule has 0 N–H and O–H groups in total. The van der Waals surface area contributed by atoms with Gasteiger partial charge in [0.25, 0.3) is 0 Å². The predicted molar refractivity (Wildman–Crippen MR) is 78.9 cm³/mol. The molecule has 1 aliphatic rings. The molecule has 0 radical (unpaired) electrons. The first-order valence-corrected chi connectivity index (χ1v) is 7.17. The van der Waals surface area contributed by atoms with Gasteiger partial charge in [-0.3, -0.25) is 4.90 Å². The highest BCUT2D eigenvalue weighted by molar-refractivity contribution is 5.41. The van der Waals surface area contributed by atoms with Gasteiger partial charge in [-0.25, -0.2) is 4.98 Å². The average Bonchev–Trinajstić information content (AvgIpc) is 2.53. The van der Waals surface area contributed by atoms with Crippen molar-refractivity contribution in [3.8, 4) is 11.8 Å². The maximum Gasteiger partial charge on any atom is 0.137 e. The van der Waals surface area contributed by atoms with Gasteiger partial charge in [0.2, 0.25) is 0 Å². The van der Waals surface area contributed by atoms with Crippen molar-refractivity contribution < 1.29 is 4.74 Å². The zero-order valence-electron chi connectivity index (χ0n) is 12.2. The van der Waals surface area contributed by atoms with E-state index in [0.29, 0.717) is 0 Å². The van der Waals surface area contributed by atoms with Crippen LogP contribution in [-0.2, 0) is 0 Å². The van der Waals surface area contributed by atoms with E-state index in [9.17, 15) is 5.26 Å². The Kier molecular flexibility index (Phi) is 5.19. The molecular formula is C15H22N4O. The van der Waals surface area contributed by atoms with Gasteiger partial charge in [0.15, 0.2) is 0 Å². The first kappa shape index (κ1) is 14.6. The molecule has 1 aromatic rings. The van der Waals surface area contributed by atoms with Crippen molar-refractivity contribution in [2.45, 2.75) is 25.8 Å². The van der Waals surface area contributed by atoms with Gasteiger partial charge in [-0.2, -0.15) is 5.26 Å². The van der Waals surface area contributed by atoms with Gasteiger partial charge in [0.05, 0.1) is 25.4 Å². The molecule has 1 atom stereocenters. The minimum atomic E-state index is 0.0611. The summed E-state index contributed by atoms with van der Waals surface area (Å²) in [7, 11) is 1.64. The minimum absolute atomic E-state index is 0.0611. The first-order valence-electron chi connectivity index (χ1n) is 7.17. The van der Waals surface area contributed by atoms with Crippen molar-refractivity contribution >= 4 is 5.82 Å². The fourth-order valence-electron chi connectivity index (χ4n) is 2.55. The normalized spacial score (nSPS) is 17.6. The van der Waals surface area contributed by atoms with E-state index in [2.05, 4.69) is 27.8 Å². The molecule has 1 saturated heterocycles. The summed E-state index contributed by atoms with van der Waals surface area (Å²) in [6, 6.07) is 6.40. The lowest BCUT2D eigenvalue weighted by Gasteiger charge is -2.37. The van der Waals surface area contributed by atoms with E-state index in [1.807, 2.05) is 12.1 Å². The third-order valence-corrected chi connectivity index (χ3v) is 3.75. The smallest absolute Gasteiger partial charge is 0.137 e. The van der Waals surface area contributed by atoms with Crippen LogP contribution in [0.5, 0.6) is 5.75 Å². The molecule has 5 nitrogen and oxygen atoms in total. The van der Waals surface area contributed by atoms with Crippen LogP contribution >= 0.6 is 0 Å². The summed E-state index contributed by atoms with van der Waals surface area (Å²) in [6.07, 6.45) is 3.76.